The first-order chi connectivity index (χ1) is 10.8. The van der Waals surface area contributed by atoms with Gasteiger partial charge in [0.2, 0.25) is 15.9 Å². The molecule has 0 spiro atoms. The lowest BCUT2D eigenvalue weighted by atomic mass is 10.0. The van der Waals surface area contributed by atoms with Crippen LogP contribution in [0.5, 0.6) is 0 Å². The third-order valence-corrected chi connectivity index (χ3v) is 6.04. The fraction of sp³-hybridized carbons (Fsp3) is 0.667. The molecule has 3 rings (SSSR count). The third-order valence-electron chi connectivity index (χ3n) is 4.75. The van der Waals surface area contributed by atoms with Gasteiger partial charge in [0, 0.05) is 26.2 Å². The molecule has 0 radical (unpaired) electrons. The maximum Gasteiger partial charge on any atom is 0.238 e. The predicted octanol–water partition coefficient (Wildman–Crippen LogP) is 0.168. The lowest BCUT2D eigenvalue weighted by Gasteiger charge is -2.27. The first-order valence-electron chi connectivity index (χ1n) is 7.77. The van der Waals surface area contributed by atoms with Gasteiger partial charge in [0.25, 0.3) is 0 Å². The summed E-state index contributed by atoms with van der Waals surface area (Å²) in [4.78, 5) is 14.2. The van der Waals surface area contributed by atoms with Gasteiger partial charge in [-0.05, 0) is 31.4 Å². The molecule has 0 saturated carbocycles. The van der Waals surface area contributed by atoms with Crippen LogP contribution in [0.15, 0.2) is 16.5 Å². The van der Waals surface area contributed by atoms with Crippen LogP contribution in [-0.4, -0.2) is 62.0 Å². The molecule has 0 bridgehead atoms. The molecular formula is C15H23N3O4S. The number of nitrogens with one attached hydrogen (secondary N) is 1. The minimum absolute atomic E-state index is 0.136. The minimum atomic E-state index is -3.43. The minimum Gasteiger partial charge on any atom is -0.465 e. The molecule has 1 amide bonds. The number of carbonyl (C=O) groups excluding carboxylic acids is 1. The predicted molar refractivity (Wildman–Crippen MR) is 85.2 cm³/mol. The molecule has 23 heavy (non-hydrogen) atoms. The van der Waals surface area contributed by atoms with Gasteiger partial charge in [-0.15, -0.1) is 0 Å². The zero-order valence-corrected chi connectivity index (χ0v) is 14.5. The van der Waals surface area contributed by atoms with Crippen LogP contribution in [0.25, 0.3) is 0 Å². The van der Waals surface area contributed by atoms with Crippen LogP contribution in [0, 0.1) is 12.8 Å². The summed E-state index contributed by atoms with van der Waals surface area (Å²) in [6.07, 6.45) is 1.76. The number of hydrogen-bond acceptors (Lipinski definition) is 5. The third kappa shape index (κ3) is 3.15. The van der Waals surface area contributed by atoms with E-state index in [1.54, 1.807) is 7.05 Å². The first-order valence-corrected chi connectivity index (χ1v) is 9.62. The van der Waals surface area contributed by atoms with Gasteiger partial charge in [0.05, 0.1) is 12.8 Å². The van der Waals surface area contributed by atoms with Gasteiger partial charge < -0.3 is 9.73 Å². The molecule has 1 aromatic rings. The number of carbonyl (C=O) groups is 1. The second-order valence-corrected chi connectivity index (χ2v) is 8.38. The molecule has 2 saturated heterocycles. The quantitative estimate of drug-likeness (QED) is 0.844. The van der Waals surface area contributed by atoms with Gasteiger partial charge in [-0.1, -0.05) is 0 Å². The van der Waals surface area contributed by atoms with E-state index in [2.05, 4.69) is 10.2 Å². The van der Waals surface area contributed by atoms with Crippen LogP contribution in [0.3, 0.4) is 0 Å². The summed E-state index contributed by atoms with van der Waals surface area (Å²) in [6, 6.07) is 3.16. The standard InChI is InChI=1S/C15H23N3O4S/c1-10-4-5-12(22-10)8-17-7-11-6-13(15(19)16-2)18(14(11)9-17)23(3,20)21/h4-5,11,13-14H,6-9H2,1-3H3,(H,16,19)/t11-,13-,14+/m1/s1. The van der Waals surface area contributed by atoms with E-state index < -0.39 is 16.1 Å². The molecule has 8 heteroatoms. The number of fused-ring (bicyclic) bond motifs is 1. The molecule has 0 aliphatic carbocycles. The smallest absolute Gasteiger partial charge is 0.238 e. The van der Waals surface area contributed by atoms with Crippen molar-refractivity contribution in [2.45, 2.75) is 32.0 Å². The van der Waals surface area contributed by atoms with Crippen molar-refractivity contribution in [1.29, 1.82) is 0 Å². The summed E-state index contributed by atoms with van der Waals surface area (Å²) in [5.74, 6) is 1.72. The van der Waals surface area contributed by atoms with Crippen molar-refractivity contribution in [3.63, 3.8) is 0 Å². The second kappa shape index (κ2) is 5.92. The Kier molecular flexibility index (Phi) is 4.24. The molecule has 128 valence electrons. The van der Waals surface area contributed by atoms with E-state index in [-0.39, 0.29) is 17.9 Å². The van der Waals surface area contributed by atoms with E-state index in [4.69, 9.17) is 4.42 Å². The molecule has 1 aromatic heterocycles. The zero-order chi connectivity index (χ0) is 16.8. The van der Waals surface area contributed by atoms with Gasteiger partial charge in [-0.25, -0.2) is 8.42 Å². The van der Waals surface area contributed by atoms with Crippen LogP contribution in [0.4, 0.5) is 0 Å². The van der Waals surface area contributed by atoms with Gasteiger partial charge in [0.1, 0.15) is 17.6 Å². The molecule has 0 unspecified atom stereocenters. The Morgan fingerprint density at radius 3 is 2.70 bits per heavy atom. The SMILES string of the molecule is CNC(=O)[C@H]1C[C@@H]2CN(Cc3ccc(C)o3)C[C@@H]2N1S(C)(=O)=O. The number of amides is 1. The van der Waals surface area contributed by atoms with Crippen molar-refractivity contribution < 1.29 is 17.6 Å². The highest BCUT2D eigenvalue weighted by Gasteiger charge is 2.52. The van der Waals surface area contributed by atoms with Crippen LogP contribution < -0.4 is 5.32 Å². The number of hydrogen-bond donors (Lipinski definition) is 1. The molecule has 2 aliphatic heterocycles. The van der Waals surface area contributed by atoms with E-state index in [1.165, 1.54) is 10.6 Å². The van der Waals surface area contributed by atoms with E-state index in [0.717, 1.165) is 18.1 Å². The van der Waals surface area contributed by atoms with Crippen molar-refractivity contribution >= 4 is 15.9 Å². The molecule has 3 heterocycles. The van der Waals surface area contributed by atoms with Gasteiger partial charge >= 0.3 is 0 Å². The van der Waals surface area contributed by atoms with E-state index in [9.17, 15) is 13.2 Å². The zero-order valence-electron chi connectivity index (χ0n) is 13.7. The summed E-state index contributed by atoms with van der Waals surface area (Å²) in [7, 11) is -1.89. The molecule has 1 N–H and O–H groups in total. The van der Waals surface area contributed by atoms with Crippen molar-refractivity contribution in [2.24, 2.45) is 5.92 Å². The highest BCUT2D eigenvalue weighted by Crippen LogP contribution is 2.38. The van der Waals surface area contributed by atoms with Crippen LogP contribution in [0.2, 0.25) is 0 Å². The Bertz CT molecular complexity index is 699. The number of rotatable bonds is 4. The number of aryl methyl sites for hydroxylation is 1. The normalized spacial score (nSPS) is 28.9. The van der Waals surface area contributed by atoms with Crippen molar-refractivity contribution in [3.8, 4) is 0 Å². The summed E-state index contributed by atoms with van der Waals surface area (Å²) < 4.78 is 31.4. The average molecular weight is 341 g/mol. The summed E-state index contributed by atoms with van der Waals surface area (Å²) in [5, 5.41) is 2.58. The largest absolute Gasteiger partial charge is 0.465 e. The molecule has 7 nitrogen and oxygen atoms in total. The van der Waals surface area contributed by atoms with Crippen LogP contribution >= 0.6 is 0 Å². The maximum absolute atomic E-state index is 12.2. The number of sulfonamides is 1. The molecule has 2 fully saturated rings. The van der Waals surface area contributed by atoms with Gasteiger partial charge in [-0.2, -0.15) is 4.31 Å². The summed E-state index contributed by atoms with van der Waals surface area (Å²) in [6.45, 7) is 3.99. The Morgan fingerprint density at radius 2 is 2.13 bits per heavy atom. The topological polar surface area (TPSA) is 82.9 Å². The van der Waals surface area contributed by atoms with Crippen molar-refractivity contribution in [3.05, 3.63) is 23.7 Å². The van der Waals surface area contributed by atoms with Crippen molar-refractivity contribution in [2.75, 3.05) is 26.4 Å². The van der Waals surface area contributed by atoms with Crippen LogP contribution in [-0.2, 0) is 21.4 Å². The van der Waals surface area contributed by atoms with Crippen LogP contribution in [0.1, 0.15) is 17.9 Å². The van der Waals surface area contributed by atoms with E-state index in [1.807, 2.05) is 19.1 Å². The molecule has 2 aliphatic rings. The molecule has 3 atom stereocenters. The first kappa shape index (κ1) is 16.5. The summed E-state index contributed by atoms with van der Waals surface area (Å²) >= 11 is 0. The summed E-state index contributed by atoms with van der Waals surface area (Å²) in [5.41, 5.74) is 0. The number of furan rings is 1. The van der Waals surface area contributed by atoms with Crippen molar-refractivity contribution in [1.82, 2.24) is 14.5 Å². The maximum atomic E-state index is 12.2. The Balaban J connectivity index is 1.75. The lowest BCUT2D eigenvalue weighted by molar-refractivity contribution is -0.124. The monoisotopic (exact) mass is 341 g/mol. The van der Waals surface area contributed by atoms with Gasteiger partial charge in [0.15, 0.2) is 0 Å². The fourth-order valence-electron chi connectivity index (χ4n) is 3.87. The number of nitrogens with zero attached hydrogens (tertiary/aromatic N) is 2. The van der Waals surface area contributed by atoms with E-state index in [0.29, 0.717) is 19.5 Å². The average Bonchev–Trinajstić information content (AvgIpc) is 3.10. The molecular weight excluding hydrogens is 318 g/mol. The lowest BCUT2D eigenvalue weighted by Crippen LogP contribution is -2.49. The second-order valence-electron chi connectivity index (χ2n) is 6.49. The van der Waals surface area contributed by atoms with Gasteiger partial charge in [-0.3, -0.25) is 9.69 Å². The Hall–Kier alpha value is -1.38. The fourth-order valence-corrected chi connectivity index (χ4v) is 5.24. The number of likely N-dealkylation sites (tertiary alicyclic amines) is 1. The Morgan fingerprint density at radius 1 is 1.39 bits per heavy atom. The highest BCUT2D eigenvalue weighted by atomic mass is 32.2. The Labute approximate surface area is 136 Å². The number of likely N-dealkylation sites (N-methyl/N-ethyl adjacent to an activating group) is 1. The van der Waals surface area contributed by atoms with E-state index >= 15 is 0 Å². The molecule has 0 aromatic carbocycles. The highest BCUT2D eigenvalue weighted by molar-refractivity contribution is 7.88.